The number of amides is 1. The quantitative estimate of drug-likeness (QED) is 0.617. The second-order valence-corrected chi connectivity index (χ2v) is 6.33. The Bertz CT molecular complexity index is 978. The van der Waals surface area contributed by atoms with E-state index < -0.39 is 12.5 Å². The van der Waals surface area contributed by atoms with E-state index in [2.05, 4.69) is 15.0 Å². The van der Waals surface area contributed by atoms with E-state index >= 15 is 0 Å². The predicted octanol–water partition coefficient (Wildman–Crippen LogP) is 4.68. The number of benzene rings is 2. The molecule has 1 aromatic heterocycles. The molecule has 1 N–H and O–H groups in total. The van der Waals surface area contributed by atoms with Crippen molar-refractivity contribution >= 4 is 22.4 Å². The van der Waals surface area contributed by atoms with Crippen molar-refractivity contribution in [1.29, 1.82) is 0 Å². The topological polar surface area (TPSA) is 69.7 Å². The molecule has 146 valence electrons. The molecule has 1 heterocycles. The summed E-state index contributed by atoms with van der Waals surface area (Å²) in [5, 5.41) is 4.80. The Labute approximate surface area is 163 Å². The fourth-order valence-electron chi connectivity index (χ4n) is 2.44. The summed E-state index contributed by atoms with van der Waals surface area (Å²) >= 11 is 1.24. The second-order valence-electron chi connectivity index (χ2n) is 5.47. The molecule has 0 fully saturated rings. The first-order valence-corrected chi connectivity index (χ1v) is 8.92. The first-order valence-electron chi connectivity index (χ1n) is 8.04. The number of nitrogens with one attached hydrogen (secondary N) is 1. The fourth-order valence-corrected chi connectivity index (χ4v) is 3.16. The molecule has 3 aromatic rings. The zero-order chi connectivity index (χ0) is 20.1. The third-order valence-corrected chi connectivity index (χ3v) is 4.48. The van der Waals surface area contributed by atoms with Crippen LogP contribution in [0.15, 0.2) is 47.8 Å². The van der Waals surface area contributed by atoms with Gasteiger partial charge in [0.1, 0.15) is 5.75 Å². The molecule has 0 saturated heterocycles. The van der Waals surface area contributed by atoms with E-state index in [1.807, 2.05) is 6.07 Å². The number of methoxy groups -OCH3 is 2. The number of aromatic nitrogens is 1. The van der Waals surface area contributed by atoms with Crippen LogP contribution >= 0.6 is 11.3 Å². The number of thiazole rings is 1. The van der Waals surface area contributed by atoms with Gasteiger partial charge >= 0.3 is 6.61 Å². The normalized spacial score (nSPS) is 10.6. The molecule has 0 saturated carbocycles. The van der Waals surface area contributed by atoms with E-state index in [9.17, 15) is 13.6 Å². The van der Waals surface area contributed by atoms with Crippen LogP contribution < -0.4 is 19.5 Å². The van der Waals surface area contributed by atoms with E-state index in [-0.39, 0.29) is 11.3 Å². The van der Waals surface area contributed by atoms with E-state index in [1.54, 1.807) is 31.7 Å². The molecule has 3 rings (SSSR count). The third kappa shape index (κ3) is 4.55. The summed E-state index contributed by atoms with van der Waals surface area (Å²) in [6.45, 7) is -2.96. The maximum atomic E-state index is 12.4. The van der Waals surface area contributed by atoms with Crippen LogP contribution in [0.5, 0.6) is 17.2 Å². The highest BCUT2D eigenvalue weighted by atomic mass is 32.1. The highest BCUT2D eigenvalue weighted by Crippen LogP contribution is 2.33. The van der Waals surface area contributed by atoms with Gasteiger partial charge in [-0.1, -0.05) is 6.07 Å². The van der Waals surface area contributed by atoms with Crippen LogP contribution in [0.1, 0.15) is 10.4 Å². The van der Waals surface area contributed by atoms with Gasteiger partial charge in [0.05, 0.1) is 19.9 Å². The van der Waals surface area contributed by atoms with Gasteiger partial charge in [0, 0.05) is 16.5 Å². The number of hydrogen-bond acceptors (Lipinski definition) is 6. The summed E-state index contributed by atoms with van der Waals surface area (Å²) in [7, 11) is 3.09. The Kier molecular flexibility index (Phi) is 6.05. The van der Waals surface area contributed by atoms with Crippen LogP contribution in [0.3, 0.4) is 0 Å². The lowest BCUT2D eigenvalue weighted by Gasteiger charge is -2.08. The Morgan fingerprint density at radius 1 is 1.11 bits per heavy atom. The molecule has 0 aliphatic carbocycles. The zero-order valence-electron chi connectivity index (χ0n) is 14.9. The van der Waals surface area contributed by atoms with Gasteiger partial charge in [-0.25, -0.2) is 4.98 Å². The lowest BCUT2D eigenvalue weighted by atomic mass is 10.1. The van der Waals surface area contributed by atoms with E-state index in [4.69, 9.17) is 9.47 Å². The van der Waals surface area contributed by atoms with Gasteiger partial charge in [0.25, 0.3) is 5.91 Å². The minimum Gasteiger partial charge on any atom is -0.493 e. The highest BCUT2D eigenvalue weighted by molar-refractivity contribution is 7.14. The molecule has 0 aliphatic heterocycles. The van der Waals surface area contributed by atoms with E-state index in [0.717, 1.165) is 5.56 Å². The Balaban J connectivity index is 1.75. The molecule has 9 heteroatoms. The Morgan fingerprint density at radius 2 is 1.89 bits per heavy atom. The average molecular weight is 406 g/mol. The van der Waals surface area contributed by atoms with Crippen LogP contribution in [-0.4, -0.2) is 31.7 Å². The van der Waals surface area contributed by atoms with E-state index in [1.165, 1.54) is 35.6 Å². The Hall–Kier alpha value is -3.20. The van der Waals surface area contributed by atoms with Gasteiger partial charge < -0.3 is 14.2 Å². The van der Waals surface area contributed by atoms with Crippen molar-refractivity contribution in [3.8, 4) is 28.5 Å². The molecule has 0 radical (unpaired) electrons. The summed E-state index contributed by atoms with van der Waals surface area (Å²) in [6.07, 6.45) is 0. The van der Waals surface area contributed by atoms with Gasteiger partial charge in [0.15, 0.2) is 16.6 Å². The molecular weight excluding hydrogens is 390 g/mol. The number of ether oxygens (including phenoxy) is 3. The van der Waals surface area contributed by atoms with Crippen LogP contribution in [0, 0.1) is 0 Å². The van der Waals surface area contributed by atoms with Crippen molar-refractivity contribution in [2.24, 2.45) is 0 Å². The number of carbonyl (C=O) groups is 1. The number of nitrogens with zero attached hydrogens (tertiary/aromatic N) is 1. The number of rotatable bonds is 7. The van der Waals surface area contributed by atoms with Crippen molar-refractivity contribution in [3.05, 3.63) is 53.4 Å². The monoisotopic (exact) mass is 406 g/mol. The third-order valence-electron chi connectivity index (χ3n) is 3.73. The lowest BCUT2D eigenvalue weighted by molar-refractivity contribution is -0.0498. The van der Waals surface area contributed by atoms with Crippen molar-refractivity contribution in [3.63, 3.8) is 0 Å². The largest absolute Gasteiger partial charge is 0.493 e. The average Bonchev–Trinajstić information content (AvgIpc) is 3.15. The van der Waals surface area contributed by atoms with Crippen LogP contribution in [-0.2, 0) is 0 Å². The van der Waals surface area contributed by atoms with Gasteiger partial charge in [-0.2, -0.15) is 8.78 Å². The standard InChI is InChI=1S/C19H16F2N2O4S/c1-25-15-7-6-11(9-16(15)26-2)14-10-28-19(22-14)23-17(24)12-4-3-5-13(8-12)27-18(20)21/h3-10,18H,1-2H3,(H,22,23,24). The van der Waals surface area contributed by atoms with Gasteiger partial charge in [-0.3, -0.25) is 10.1 Å². The number of hydrogen-bond donors (Lipinski definition) is 1. The molecule has 2 aromatic carbocycles. The number of carbonyl (C=O) groups excluding carboxylic acids is 1. The molecule has 1 amide bonds. The van der Waals surface area contributed by atoms with Crippen molar-refractivity contribution in [2.75, 3.05) is 19.5 Å². The van der Waals surface area contributed by atoms with Crippen molar-refractivity contribution in [2.45, 2.75) is 6.61 Å². The first kappa shape index (κ1) is 19.6. The second kappa shape index (κ2) is 8.66. The molecule has 0 bridgehead atoms. The number of anilines is 1. The molecule has 0 atom stereocenters. The summed E-state index contributed by atoms with van der Waals surface area (Å²) in [4.78, 5) is 16.7. The molecule has 0 unspecified atom stereocenters. The SMILES string of the molecule is COc1ccc(-c2csc(NC(=O)c3cccc(OC(F)F)c3)n2)cc1OC. The predicted molar refractivity (Wildman–Crippen MR) is 102 cm³/mol. The summed E-state index contributed by atoms with van der Waals surface area (Å²) in [6, 6.07) is 10.9. The maximum absolute atomic E-state index is 12.4. The van der Waals surface area contributed by atoms with Gasteiger partial charge in [0.2, 0.25) is 0 Å². The van der Waals surface area contributed by atoms with Gasteiger partial charge in [-0.05, 0) is 36.4 Å². The Morgan fingerprint density at radius 3 is 2.61 bits per heavy atom. The van der Waals surface area contributed by atoms with Crippen LogP contribution in [0.4, 0.5) is 13.9 Å². The number of halogens is 2. The summed E-state index contributed by atoms with van der Waals surface area (Å²) < 4.78 is 39.4. The minimum atomic E-state index is -2.96. The smallest absolute Gasteiger partial charge is 0.387 e. The molecule has 0 aliphatic rings. The van der Waals surface area contributed by atoms with Crippen molar-refractivity contribution in [1.82, 2.24) is 4.98 Å². The van der Waals surface area contributed by atoms with E-state index in [0.29, 0.717) is 22.3 Å². The van der Waals surface area contributed by atoms with Crippen LogP contribution in [0.2, 0.25) is 0 Å². The molecule has 28 heavy (non-hydrogen) atoms. The first-order chi connectivity index (χ1) is 13.5. The maximum Gasteiger partial charge on any atom is 0.387 e. The minimum absolute atomic E-state index is 0.0900. The summed E-state index contributed by atoms with van der Waals surface area (Å²) in [5.74, 6) is 0.594. The highest BCUT2D eigenvalue weighted by Gasteiger charge is 2.13. The number of alkyl halides is 2. The van der Waals surface area contributed by atoms with Crippen LogP contribution in [0.25, 0.3) is 11.3 Å². The van der Waals surface area contributed by atoms with Crippen molar-refractivity contribution < 1.29 is 27.8 Å². The van der Waals surface area contributed by atoms with Gasteiger partial charge in [-0.15, -0.1) is 11.3 Å². The fraction of sp³-hybridized carbons (Fsp3) is 0.158. The zero-order valence-corrected chi connectivity index (χ0v) is 15.8. The molecule has 0 spiro atoms. The lowest BCUT2D eigenvalue weighted by Crippen LogP contribution is -2.12. The summed E-state index contributed by atoms with van der Waals surface area (Å²) in [5.41, 5.74) is 1.62. The molecule has 6 nitrogen and oxygen atoms in total. The molecular formula is C19H16F2N2O4S.